The number of likely N-dealkylation sites (N-methyl/N-ethyl adjacent to an activating group) is 1. The van der Waals surface area contributed by atoms with Crippen molar-refractivity contribution in [2.24, 2.45) is 0 Å². The Kier molecular flexibility index (Phi) is 10.3. The molecule has 0 aromatic heterocycles. The average Bonchev–Trinajstić information content (AvgIpc) is 2.93. The largest absolute Gasteiger partial charge is 0.497 e. The molecule has 3 aromatic rings. The summed E-state index contributed by atoms with van der Waals surface area (Å²) in [6, 6.07) is 17.1. The minimum atomic E-state index is -4.86. The first-order valence-corrected chi connectivity index (χ1v) is 14.5. The number of benzene rings is 3. The van der Waals surface area contributed by atoms with Crippen molar-refractivity contribution >= 4 is 39.1 Å². The summed E-state index contributed by atoms with van der Waals surface area (Å²) in [5.74, 6) is -0.832. The van der Waals surface area contributed by atoms with Crippen LogP contribution in [-0.4, -0.2) is 58.1 Å². The summed E-state index contributed by atoms with van der Waals surface area (Å²) in [4.78, 5) is 28.2. The number of ether oxygens (including phenoxy) is 1. The molecule has 3 aromatic carbocycles. The van der Waals surface area contributed by atoms with E-state index in [2.05, 4.69) is 5.32 Å². The summed E-state index contributed by atoms with van der Waals surface area (Å²) in [7, 11) is -1.39. The Labute approximate surface area is 241 Å². The Morgan fingerprint density at radius 3 is 2.24 bits per heavy atom. The molecule has 1 atom stereocenters. The van der Waals surface area contributed by atoms with Gasteiger partial charge in [-0.05, 0) is 41.5 Å². The smallest absolute Gasteiger partial charge is 0.417 e. The fourth-order valence-corrected chi connectivity index (χ4v) is 5.25. The van der Waals surface area contributed by atoms with Crippen LogP contribution >= 0.6 is 11.6 Å². The Morgan fingerprint density at radius 1 is 1.00 bits per heavy atom. The molecule has 0 spiro atoms. The number of sulfonamides is 1. The minimum absolute atomic E-state index is 0.0915. The number of hydrogen-bond acceptors (Lipinski definition) is 5. The number of methoxy groups -OCH3 is 1. The lowest BCUT2D eigenvalue weighted by atomic mass is 10.0. The number of anilines is 1. The van der Waals surface area contributed by atoms with E-state index in [-0.39, 0.29) is 13.0 Å². The van der Waals surface area contributed by atoms with Crippen LogP contribution in [0, 0.1) is 0 Å². The van der Waals surface area contributed by atoms with Gasteiger partial charge >= 0.3 is 6.18 Å². The van der Waals surface area contributed by atoms with Crippen LogP contribution in [0.4, 0.5) is 18.9 Å². The highest BCUT2D eigenvalue weighted by molar-refractivity contribution is 7.92. The van der Waals surface area contributed by atoms with Gasteiger partial charge < -0.3 is 15.0 Å². The zero-order valence-corrected chi connectivity index (χ0v) is 24.1. The minimum Gasteiger partial charge on any atom is -0.497 e. The predicted octanol–water partition coefficient (Wildman–Crippen LogP) is 4.52. The lowest BCUT2D eigenvalue weighted by molar-refractivity contribution is -0.139. The third-order valence-electron chi connectivity index (χ3n) is 6.23. The van der Waals surface area contributed by atoms with Gasteiger partial charge in [0.05, 0.1) is 29.6 Å². The SMILES string of the molecule is CNC(=O)[C@H](Cc1ccccc1)N(Cc1cccc(OC)c1)C(=O)CN(c1ccc(Cl)c(C(F)(F)F)c1)S(C)(=O)=O. The van der Waals surface area contributed by atoms with Crippen LogP contribution in [0.25, 0.3) is 0 Å². The first kappa shape index (κ1) is 31.8. The quantitative estimate of drug-likeness (QED) is 0.344. The number of halogens is 4. The summed E-state index contributed by atoms with van der Waals surface area (Å²) in [5.41, 5.74) is -0.342. The van der Waals surface area contributed by atoms with Gasteiger partial charge in [-0.15, -0.1) is 0 Å². The number of nitrogens with one attached hydrogen (secondary N) is 1. The Bertz CT molecular complexity index is 1490. The first-order valence-electron chi connectivity index (χ1n) is 12.3. The standard InChI is InChI=1S/C28H29ClF3N3O5S/c1-33-27(37)25(15-19-8-5-4-6-9-19)34(17-20-10-7-11-22(14-20)40-2)26(36)18-35(41(3,38)39)21-12-13-24(29)23(16-21)28(30,31)32/h4-14,16,25H,15,17-18H2,1-3H3,(H,33,37)/t25-/m0/s1. The average molecular weight is 612 g/mol. The van der Waals surface area contributed by atoms with Gasteiger partial charge in [0.25, 0.3) is 0 Å². The van der Waals surface area contributed by atoms with Crippen molar-refractivity contribution in [1.82, 2.24) is 10.2 Å². The second-order valence-corrected chi connectivity index (χ2v) is 11.4. The number of amides is 2. The van der Waals surface area contributed by atoms with Gasteiger partial charge in [0.15, 0.2) is 0 Å². The first-order chi connectivity index (χ1) is 19.2. The molecule has 0 bridgehead atoms. The third kappa shape index (κ3) is 8.37. The fourth-order valence-electron chi connectivity index (χ4n) is 4.19. The number of hydrogen-bond donors (Lipinski definition) is 1. The second-order valence-electron chi connectivity index (χ2n) is 9.12. The Morgan fingerprint density at radius 2 is 1.66 bits per heavy atom. The van der Waals surface area contributed by atoms with Gasteiger partial charge in [0.2, 0.25) is 21.8 Å². The highest BCUT2D eigenvalue weighted by atomic mass is 35.5. The van der Waals surface area contributed by atoms with E-state index in [1.54, 1.807) is 54.6 Å². The molecule has 1 N–H and O–H groups in total. The third-order valence-corrected chi connectivity index (χ3v) is 7.70. The van der Waals surface area contributed by atoms with E-state index in [4.69, 9.17) is 16.3 Å². The van der Waals surface area contributed by atoms with Crippen molar-refractivity contribution in [2.75, 3.05) is 31.3 Å². The lowest BCUT2D eigenvalue weighted by Gasteiger charge is -2.33. The number of carbonyl (C=O) groups is 2. The summed E-state index contributed by atoms with van der Waals surface area (Å²) in [6.07, 6.45) is -4.00. The molecule has 13 heteroatoms. The molecule has 0 fully saturated rings. The summed E-state index contributed by atoms with van der Waals surface area (Å²) in [5, 5.41) is 1.92. The van der Waals surface area contributed by atoms with Gasteiger partial charge in [-0.3, -0.25) is 13.9 Å². The summed E-state index contributed by atoms with van der Waals surface area (Å²) < 4.78 is 72.0. The maximum Gasteiger partial charge on any atom is 0.417 e. The van der Waals surface area contributed by atoms with Crippen LogP contribution in [0.2, 0.25) is 5.02 Å². The predicted molar refractivity (Wildman–Crippen MR) is 150 cm³/mol. The molecule has 41 heavy (non-hydrogen) atoms. The Hall–Kier alpha value is -3.77. The molecule has 0 aliphatic carbocycles. The van der Waals surface area contributed by atoms with Crippen LogP contribution in [0.5, 0.6) is 5.75 Å². The van der Waals surface area contributed by atoms with Crippen molar-refractivity contribution in [2.45, 2.75) is 25.2 Å². The zero-order chi connectivity index (χ0) is 30.4. The highest BCUT2D eigenvalue weighted by Gasteiger charge is 2.36. The lowest BCUT2D eigenvalue weighted by Crippen LogP contribution is -2.52. The van der Waals surface area contributed by atoms with Crippen molar-refractivity contribution in [3.8, 4) is 5.75 Å². The number of rotatable bonds is 11. The molecule has 0 saturated carbocycles. The molecular weight excluding hydrogens is 583 g/mol. The zero-order valence-electron chi connectivity index (χ0n) is 22.5. The van der Waals surface area contributed by atoms with Gasteiger partial charge in [-0.25, -0.2) is 8.42 Å². The van der Waals surface area contributed by atoms with Crippen molar-refractivity contribution in [3.63, 3.8) is 0 Å². The fraction of sp³-hybridized carbons (Fsp3) is 0.286. The number of nitrogens with zero attached hydrogens (tertiary/aromatic N) is 2. The van der Waals surface area contributed by atoms with Gasteiger partial charge in [-0.2, -0.15) is 13.2 Å². The van der Waals surface area contributed by atoms with Crippen LogP contribution in [0.15, 0.2) is 72.8 Å². The molecule has 2 amide bonds. The molecule has 3 rings (SSSR count). The summed E-state index contributed by atoms with van der Waals surface area (Å²) >= 11 is 5.72. The molecule has 8 nitrogen and oxygen atoms in total. The molecule has 0 heterocycles. The van der Waals surface area contributed by atoms with E-state index in [1.807, 2.05) is 0 Å². The van der Waals surface area contributed by atoms with Crippen molar-refractivity contribution < 1.29 is 35.9 Å². The Balaban J connectivity index is 2.08. The topological polar surface area (TPSA) is 96.0 Å². The van der Waals surface area contributed by atoms with Gasteiger partial charge in [0, 0.05) is 20.0 Å². The molecular formula is C28H29ClF3N3O5S. The molecule has 0 aliphatic heterocycles. The van der Waals surface area contributed by atoms with Crippen molar-refractivity contribution in [1.29, 1.82) is 0 Å². The van der Waals surface area contributed by atoms with E-state index >= 15 is 0 Å². The van der Waals surface area contributed by atoms with Gasteiger partial charge in [-0.1, -0.05) is 54.1 Å². The normalized spacial score (nSPS) is 12.4. The van der Waals surface area contributed by atoms with Crippen molar-refractivity contribution in [3.05, 3.63) is 94.5 Å². The monoisotopic (exact) mass is 611 g/mol. The van der Waals surface area contributed by atoms with E-state index < -0.39 is 56.9 Å². The van der Waals surface area contributed by atoms with Crippen LogP contribution in [0.3, 0.4) is 0 Å². The maximum absolute atomic E-state index is 13.9. The van der Waals surface area contributed by atoms with Crippen LogP contribution in [-0.2, 0) is 38.8 Å². The second kappa shape index (κ2) is 13.3. The highest BCUT2D eigenvalue weighted by Crippen LogP contribution is 2.37. The summed E-state index contributed by atoms with van der Waals surface area (Å²) in [6.45, 7) is -0.989. The number of alkyl halides is 3. The van der Waals surface area contributed by atoms with E-state index in [0.717, 1.165) is 24.0 Å². The van der Waals surface area contributed by atoms with Gasteiger partial charge in [0.1, 0.15) is 18.3 Å². The molecule has 220 valence electrons. The number of carbonyl (C=O) groups excluding carboxylic acids is 2. The molecule has 0 unspecified atom stereocenters. The van der Waals surface area contributed by atoms with Crippen LogP contribution in [0.1, 0.15) is 16.7 Å². The van der Waals surface area contributed by atoms with E-state index in [0.29, 0.717) is 21.7 Å². The molecule has 0 radical (unpaired) electrons. The van der Waals surface area contributed by atoms with E-state index in [1.165, 1.54) is 19.1 Å². The van der Waals surface area contributed by atoms with E-state index in [9.17, 15) is 31.2 Å². The molecule has 0 aliphatic rings. The maximum atomic E-state index is 13.9. The molecule has 0 saturated heterocycles. The van der Waals surface area contributed by atoms with Crippen LogP contribution < -0.4 is 14.4 Å².